The predicted octanol–water partition coefficient (Wildman–Crippen LogP) is 4.33. The zero-order valence-electron chi connectivity index (χ0n) is 32.3. The smallest absolute Gasteiger partial charge is 0.326 e. The van der Waals surface area contributed by atoms with Gasteiger partial charge in [-0.05, 0) is 26.2 Å². The van der Waals surface area contributed by atoms with Crippen LogP contribution in [-0.2, 0) is 47.7 Å². The predicted molar refractivity (Wildman–Crippen MR) is 200 cm³/mol. The number of nitrogens with one attached hydrogen (secondary N) is 3. The number of rotatable bonds is 40. The van der Waals surface area contributed by atoms with E-state index >= 15 is 0 Å². The number of carbonyl (C=O) groups excluding carboxylic acids is 4. The largest absolute Gasteiger partial charge is 0.481 e. The highest BCUT2D eigenvalue weighted by Gasteiger charge is 2.20. The number of unbranched alkanes of at least 4 members (excludes halogenated alkanes) is 15. The van der Waals surface area contributed by atoms with E-state index in [2.05, 4.69) is 16.0 Å². The number of hydrogen-bond acceptors (Lipinski definition) is 10. The first-order chi connectivity index (χ1) is 25.6. The van der Waals surface area contributed by atoms with Crippen LogP contribution in [0.25, 0.3) is 0 Å². The Hall–Kier alpha value is -3.14. The number of ether oxygens (including phenoxy) is 4. The fourth-order valence-corrected chi connectivity index (χ4v) is 5.32. The minimum atomic E-state index is -1.17. The van der Waals surface area contributed by atoms with Crippen LogP contribution in [0.1, 0.15) is 135 Å². The van der Waals surface area contributed by atoms with Crippen LogP contribution in [0.4, 0.5) is 0 Å². The van der Waals surface area contributed by atoms with Gasteiger partial charge in [-0.3, -0.25) is 24.0 Å². The number of carboxylic acids is 2. The van der Waals surface area contributed by atoms with E-state index in [0.29, 0.717) is 32.8 Å². The summed E-state index contributed by atoms with van der Waals surface area (Å²) in [5, 5.41) is 26.0. The van der Waals surface area contributed by atoms with Crippen molar-refractivity contribution in [3.63, 3.8) is 0 Å². The monoisotopic (exact) mass is 759 g/mol. The lowest BCUT2D eigenvalue weighted by Gasteiger charge is -2.14. The van der Waals surface area contributed by atoms with Gasteiger partial charge < -0.3 is 45.1 Å². The van der Waals surface area contributed by atoms with Crippen molar-refractivity contribution in [1.82, 2.24) is 16.0 Å². The van der Waals surface area contributed by atoms with E-state index in [1.54, 1.807) is 0 Å². The minimum Gasteiger partial charge on any atom is -0.481 e. The number of amides is 3. The maximum Gasteiger partial charge on any atom is 0.326 e. The first-order valence-corrected chi connectivity index (χ1v) is 19.7. The first-order valence-electron chi connectivity index (χ1n) is 19.7. The van der Waals surface area contributed by atoms with E-state index in [1.807, 2.05) is 0 Å². The summed E-state index contributed by atoms with van der Waals surface area (Å²) in [6.45, 7) is 3.48. The van der Waals surface area contributed by atoms with Crippen molar-refractivity contribution in [3.05, 3.63) is 0 Å². The molecule has 0 bridgehead atoms. The molecule has 53 heavy (non-hydrogen) atoms. The molecule has 0 aliphatic heterocycles. The van der Waals surface area contributed by atoms with Gasteiger partial charge in [0.2, 0.25) is 17.7 Å². The molecule has 5 N–H and O–H groups in total. The van der Waals surface area contributed by atoms with Crippen molar-refractivity contribution < 1.29 is 57.9 Å². The standard InChI is InChI=1S/C38H69N3O12/c1-32(42)30-52-28-26-51-25-23-40-36(45)31-53-29-27-50-24-22-39-34(43)21-20-33(38(48)49)41-35(44)18-16-14-12-10-8-6-4-2-3-5-7-9-11-13-15-17-19-37(46)47/h33H,2-31H2,1H3,(H,39,43)(H,40,45)(H,41,44)(H,46,47)(H,48,49)/t33-/m0/s1. The highest BCUT2D eigenvalue weighted by molar-refractivity contribution is 5.84. The van der Waals surface area contributed by atoms with Gasteiger partial charge in [-0.1, -0.05) is 89.9 Å². The molecule has 0 saturated heterocycles. The van der Waals surface area contributed by atoms with Crippen LogP contribution in [0.3, 0.4) is 0 Å². The van der Waals surface area contributed by atoms with Crippen LogP contribution in [0.2, 0.25) is 0 Å². The number of aliphatic carboxylic acids is 2. The van der Waals surface area contributed by atoms with E-state index in [0.717, 1.165) is 38.5 Å². The summed E-state index contributed by atoms with van der Waals surface area (Å²) >= 11 is 0. The van der Waals surface area contributed by atoms with Crippen LogP contribution in [0.5, 0.6) is 0 Å². The molecule has 0 spiro atoms. The Labute approximate surface area is 316 Å². The Kier molecular flexibility index (Phi) is 35.0. The van der Waals surface area contributed by atoms with Gasteiger partial charge in [0.05, 0.1) is 39.6 Å². The Morgan fingerprint density at radius 2 is 0.887 bits per heavy atom. The van der Waals surface area contributed by atoms with Crippen LogP contribution >= 0.6 is 0 Å². The maximum atomic E-state index is 12.3. The molecule has 0 heterocycles. The molecule has 15 heteroatoms. The molecule has 0 aliphatic rings. The Balaban J connectivity index is 3.64. The third-order valence-corrected chi connectivity index (χ3v) is 8.26. The fourth-order valence-electron chi connectivity index (χ4n) is 5.32. The van der Waals surface area contributed by atoms with Crippen LogP contribution in [0.15, 0.2) is 0 Å². The molecule has 0 aromatic rings. The second kappa shape index (κ2) is 37.2. The summed E-state index contributed by atoms with van der Waals surface area (Å²) < 4.78 is 20.9. The molecule has 15 nitrogen and oxygen atoms in total. The SMILES string of the molecule is CC(=O)COCCOCCNC(=O)COCCOCCNC(=O)CC[C@H](NC(=O)CCCCCCCCCCCCCCCCCCC(=O)O)C(=O)O. The van der Waals surface area contributed by atoms with Gasteiger partial charge in [-0.15, -0.1) is 0 Å². The van der Waals surface area contributed by atoms with E-state index in [1.165, 1.54) is 64.7 Å². The molecule has 308 valence electrons. The lowest BCUT2D eigenvalue weighted by Crippen LogP contribution is -2.41. The zero-order valence-corrected chi connectivity index (χ0v) is 32.3. The topological polar surface area (TPSA) is 216 Å². The summed E-state index contributed by atoms with van der Waals surface area (Å²) in [5.74, 6) is -2.88. The Morgan fingerprint density at radius 3 is 1.34 bits per heavy atom. The van der Waals surface area contributed by atoms with Crippen molar-refractivity contribution in [2.24, 2.45) is 0 Å². The molecule has 0 aliphatic carbocycles. The van der Waals surface area contributed by atoms with Crippen molar-refractivity contribution in [2.45, 2.75) is 141 Å². The van der Waals surface area contributed by atoms with Gasteiger partial charge in [-0.2, -0.15) is 0 Å². The second-order valence-electron chi connectivity index (χ2n) is 13.3. The molecular formula is C38H69N3O12. The summed E-state index contributed by atoms with van der Waals surface area (Å²) in [5.41, 5.74) is 0. The van der Waals surface area contributed by atoms with Crippen molar-refractivity contribution in [3.8, 4) is 0 Å². The van der Waals surface area contributed by atoms with Crippen molar-refractivity contribution >= 4 is 35.4 Å². The summed E-state index contributed by atoms with van der Waals surface area (Å²) in [6, 6.07) is -1.12. The average molecular weight is 760 g/mol. The lowest BCUT2D eigenvalue weighted by molar-refractivity contribution is -0.142. The van der Waals surface area contributed by atoms with Gasteiger partial charge in [0.15, 0.2) is 5.78 Å². The van der Waals surface area contributed by atoms with Crippen LogP contribution in [0, 0.1) is 0 Å². The molecule has 0 rings (SSSR count). The molecule has 0 radical (unpaired) electrons. The second-order valence-corrected chi connectivity index (χ2v) is 13.3. The van der Waals surface area contributed by atoms with Gasteiger partial charge in [0.25, 0.3) is 0 Å². The van der Waals surface area contributed by atoms with Gasteiger partial charge >= 0.3 is 11.9 Å². The van der Waals surface area contributed by atoms with Gasteiger partial charge in [-0.25, -0.2) is 4.79 Å². The molecular weight excluding hydrogens is 690 g/mol. The number of ketones is 1. The summed E-state index contributed by atoms with van der Waals surface area (Å²) in [7, 11) is 0. The summed E-state index contributed by atoms with van der Waals surface area (Å²) in [6.07, 6.45) is 18.4. The van der Waals surface area contributed by atoms with E-state index < -0.39 is 18.0 Å². The number of carboxylic acid groups (broad SMARTS) is 2. The lowest BCUT2D eigenvalue weighted by atomic mass is 10.0. The van der Waals surface area contributed by atoms with Gasteiger partial charge in [0.1, 0.15) is 19.3 Å². The third kappa shape index (κ3) is 38.4. The Bertz CT molecular complexity index is 982. The van der Waals surface area contributed by atoms with Crippen molar-refractivity contribution in [2.75, 3.05) is 65.9 Å². The third-order valence-electron chi connectivity index (χ3n) is 8.26. The number of carbonyl (C=O) groups is 6. The van der Waals surface area contributed by atoms with E-state index in [9.17, 15) is 33.9 Å². The quantitative estimate of drug-likeness (QED) is 0.0552. The number of hydrogen-bond donors (Lipinski definition) is 5. The highest BCUT2D eigenvalue weighted by Crippen LogP contribution is 2.14. The van der Waals surface area contributed by atoms with Gasteiger partial charge in [0, 0.05) is 32.4 Å². The van der Waals surface area contributed by atoms with Crippen molar-refractivity contribution in [1.29, 1.82) is 0 Å². The molecule has 0 unspecified atom stereocenters. The first kappa shape index (κ1) is 49.9. The molecule has 0 saturated carbocycles. The minimum absolute atomic E-state index is 0.0124. The zero-order chi connectivity index (χ0) is 39.2. The molecule has 3 amide bonds. The average Bonchev–Trinajstić information content (AvgIpc) is 3.11. The molecule has 0 aromatic carbocycles. The molecule has 1 atom stereocenters. The van der Waals surface area contributed by atoms with Crippen LogP contribution < -0.4 is 16.0 Å². The molecule has 0 aromatic heterocycles. The number of Topliss-reactive ketones (excluding diaryl/α,β-unsaturated/α-hetero) is 1. The molecule has 0 fully saturated rings. The maximum absolute atomic E-state index is 12.3. The fraction of sp³-hybridized carbons (Fsp3) is 0.842. The van der Waals surface area contributed by atoms with Crippen LogP contribution in [-0.4, -0.2) is 118 Å². The van der Waals surface area contributed by atoms with E-state index in [4.69, 9.17) is 24.1 Å². The van der Waals surface area contributed by atoms with E-state index in [-0.39, 0.29) is 88.8 Å². The normalized spacial score (nSPS) is 11.6. The summed E-state index contributed by atoms with van der Waals surface area (Å²) in [4.78, 5) is 69.0. The highest BCUT2D eigenvalue weighted by atomic mass is 16.5. The Morgan fingerprint density at radius 1 is 0.472 bits per heavy atom.